The minimum atomic E-state index is 0. The first kappa shape index (κ1) is 22.0. The maximum absolute atomic E-state index is 12.4. The number of allylic oxidation sites excluding steroid dienone is 1. The van der Waals surface area contributed by atoms with Gasteiger partial charge in [-0.15, -0.1) is 24.8 Å². The standard InChI is InChI=1S/C18H28N4O.2ClH/c1-4-13(2)9-21-10-16(15-5-6-15)17(11-21)20-18(23)12-22-8-7-19-14(22)3;;/h4,7-8,15-17H,5-6,9-12H2,1-3H3,(H,20,23);2*1H/b13-4+;;/t16-,17+;;/m1../s1. The molecule has 1 aromatic heterocycles. The maximum Gasteiger partial charge on any atom is 0.240 e. The van der Waals surface area contributed by atoms with E-state index in [0.29, 0.717) is 18.5 Å². The summed E-state index contributed by atoms with van der Waals surface area (Å²) in [4.78, 5) is 19.1. The molecule has 0 radical (unpaired) electrons. The molecule has 0 bridgehead atoms. The number of halogens is 2. The number of carbonyl (C=O) groups is 1. The third kappa shape index (κ3) is 5.73. The van der Waals surface area contributed by atoms with Crippen molar-refractivity contribution in [2.45, 2.75) is 46.2 Å². The summed E-state index contributed by atoms with van der Waals surface area (Å²) >= 11 is 0. The number of hydrogen-bond donors (Lipinski definition) is 1. The van der Waals surface area contributed by atoms with Gasteiger partial charge in [-0.25, -0.2) is 4.98 Å². The van der Waals surface area contributed by atoms with Crippen LogP contribution in [0.4, 0.5) is 0 Å². The van der Waals surface area contributed by atoms with E-state index in [1.165, 1.54) is 18.4 Å². The third-order valence-corrected chi connectivity index (χ3v) is 5.22. The topological polar surface area (TPSA) is 50.2 Å². The van der Waals surface area contributed by atoms with Gasteiger partial charge in [-0.3, -0.25) is 9.69 Å². The Morgan fingerprint density at radius 1 is 1.32 bits per heavy atom. The highest BCUT2D eigenvalue weighted by atomic mass is 35.5. The van der Waals surface area contributed by atoms with Gasteiger partial charge in [0.15, 0.2) is 0 Å². The fourth-order valence-corrected chi connectivity index (χ4v) is 3.62. The number of carbonyl (C=O) groups excluding carboxylic acids is 1. The highest BCUT2D eigenvalue weighted by Gasteiger charge is 2.42. The van der Waals surface area contributed by atoms with Crippen molar-refractivity contribution in [2.24, 2.45) is 11.8 Å². The van der Waals surface area contributed by atoms with Gasteiger partial charge in [0.2, 0.25) is 5.91 Å². The lowest BCUT2D eigenvalue weighted by atomic mass is 9.98. The molecular weight excluding hydrogens is 359 g/mol. The van der Waals surface area contributed by atoms with Crippen LogP contribution in [0.25, 0.3) is 0 Å². The lowest BCUT2D eigenvalue weighted by Crippen LogP contribution is -2.42. The van der Waals surface area contributed by atoms with E-state index in [4.69, 9.17) is 0 Å². The lowest BCUT2D eigenvalue weighted by molar-refractivity contribution is -0.122. The van der Waals surface area contributed by atoms with Crippen LogP contribution < -0.4 is 5.32 Å². The largest absolute Gasteiger partial charge is 0.350 e. The Morgan fingerprint density at radius 2 is 2.04 bits per heavy atom. The Labute approximate surface area is 163 Å². The second-order valence-electron chi connectivity index (χ2n) is 7.11. The van der Waals surface area contributed by atoms with Gasteiger partial charge in [-0.05, 0) is 45.4 Å². The monoisotopic (exact) mass is 388 g/mol. The molecule has 0 aromatic carbocycles. The highest BCUT2D eigenvalue weighted by Crippen LogP contribution is 2.41. The van der Waals surface area contributed by atoms with Gasteiger partial charge in [-0.1, -0.05) is 11.6 Å². The molecule has 1 aliphatic heterocycles. The van der Waals surface area contributed by atoms with Gasteiger partial charge in [0.25, 0.3) is 0 Å². The van der Waals surface area contributed by atoms with Crippen molar-refractivity contribution in [3.05, 3.63) is 29.9 Å². The molecule has 1 aromatic rings. The van der Waals surface area contributed by atoms with Crippen LogP contribution >= 0.6 is 24.8 Å². The molecule has 0 unspecified atom stereocenters. The molecule has 2 heterocycles. The molecule has 25 heavy (non-hydrogen) atoms. The minimum absolute atomic E-state index is 0. The van der Waals surface area contributed by atoms with Gasteiger partial charge in [-0.2, -0.15) is 0 Å². The molecule has 3 rings (SSSR count). The number of likely N-dealkylation sites (tertiary alicyclic amines) is 1. The van der Waals surface area contributed by atoms with Crippen LogP contribution in [0.5, 0.6) is 0 Å². The average Bonchev–Trinajstić information content (AvgIpc) is 3.18. The Balaban J connectivity index is 0.00000156. The summed E-state index contributed by atoms with van der Waals surface area (Å²) in [5.41, 5.74) is 1.40. The van der Waals surface area contributed by atoms with Gasteiger partial charge < -0.3 is 9.88 Å². The molecule has 5 nitrogen and oxygen atoms in total. The lowest BCUT2D eigenvalue weighted by Gasteiger charge is -2.20. The van der Waals surface area contributed by atoms with Gasteiger partial charge in [0.1, 0.15) is 12.4 Å². The second-order valence-corrected chi connectivity index (χ2v) is 7.11. The number of nitrogens with zero attached hydrogens (tertiary/aromatic N) is 3. The van der Waals surface area contributed by atoms with Gasteiger partial charge >= 0.3 is 0 Å². The summed E-state index contributed by atoms with van der Waals surface area (Å²) in [5, 5.41) is 3.29. The first-order chi connectivity index (χ1) is 11.1. The average molecular weight is 389 g/mol. The van der Waals surface area contributed by atoms with E-state index in [2.05, 4.69) is 35.1 Å². The third-order valence-electron chi connectivity index (χ3n) is 5.22. The van der Waals surface area contributed by atoms with E-state index in [0.717, 1.165) is 31.4 Å². The van der Waals surface area contributed by atoms with Crippen molar-refractivity contribution in [1.29, 1.82) is 0 Å². The number of aromatic nitrogens is 2. The Bertz CT molecular complexity index is 598. The zero-order chi connectivity index (χ0) is 16.4. The molecule has 2 fully saturated rings. The van der Waals surface area contributed by atoms with Crippen molar-refractivity contribution in [3.63, 3.8) is 0 Å². The smallest absolute Gasteiger partial charge is 0.240 e. The van der Waals surface area contributed by atoms with Crippen molar-refractivity contribution in [1.82, 2.24) is 19.8 Å². The number of nitrogens with one attached hydrogen (secondary N) is 1. The number of aryl methyl sites for hydroxylation is 1. The molecule has 2 atom stereocenters. The Hall–Kier alpha value is -1.04. The van der Waals surface area contributed by atoms with Crippen molar-refractivity contribution in [3.8, 4) is 0 Å². The second kappa shape index (κ2) is 9.60. The minimum Gasteiger partial charge on any atom is -0.350 e. The normalized spacial score (nSPS) is 23.7. The number of amides is 1. The molecule has 1 saturated heterocycles. The van der Waals surface area contributed by atoms with Crippen molar-refractivity contribution in [2.75, 3.05) is 19.6 Å². The van der Waals surface area contributed by atoms with Crippen molar-refractivity contribution < 1.29 is 4.79 Å². The predicted molar refractivity (Wildman–Crippen MR) is 105 cm³/mol. The van der Waals surface area contributed by atoms with E-state index >= 15 is 0 Å². The fraction of sp³-hybridized carbons (Fsp3) is 0.667. The fourth-order valence-electron chi connectivity index (χ4n) is 3.62. The van der Waals surface area contributed by atoms with Crippen molar-refractivity contribution >= 4 is 30.7 Å². The highest BCUT2D eigenvalue weighted by molar-refractivity contribution is 5.85. The Morgan fingerprint density at radius 3 is 2.60 bits per heavy atom. The molecule has 1 N–H and O–H groups in total. The van der Waals surface area contributed by atoms with Crippen LogP contribution in [0, 0.1) is 18.8 Å². The molecule has 0 spiro atoms. The SMILES string of the molecule is C/C=C(\C)CN1C[C@H](NC(=O)Cn2ccnc2C)[C@@H](C2CC2)C1.Cl.Cl. The first-order valence-electron chi connectivity index (χ1n) is 8.68. The number of imidazole rings is 1. The maximum atomic E-state index is 12.4. The molecule has 2 aliphatic rings. The van der Waals surface area contributed by atoms with Gasteiger partial charge in [0.05, 0.1) is 0 Å². The van der Waals surface area contributed by atoms with Crippen LogP contribution in [-0.2, 0) is 11.3 Å². The summed E-state index contributed by atoms with van der Waals surface area (Å²) in [6.07, 6.45) is 8.44. The quantitative estimate of drug-likeness (QED) is 0.762. The molecule has 1 amide bonds. The Kier molecular flexibility index (Phi) is 8.45. The summed E-state index contributed by atoms with van der Waals surface area (Å²) in [5.74, 6) is 2.42. The zero-order valence-corrected chi connectivity index (χ0v) is 16.9. The predicted octanol–water partition coefficient (Wildman–Crippen LogP) is 2.83. The summed E-state index contributed by atoms with van der Waals surface area (Å²) in [6.45, 7) is 9.68. The van der Waals surface area contributed by atoms with Crippen LogP contribution in [0.1, 0.15) is 32.5 Å². The van der Waals surface area contributed by atoms with Gasteiger partial charge in [0, 0.05) is 38.1 Å². The van der Waals surface area contributed by atoms with E-state index in [-0.39, 0.29) is 30.7 Å². The van der Waals surface area contributed by atoms with E-state index in [1.807, 2.05) is 17.7 Å². The van der Waals surface area contributed by atoms with Crippen LogP contribution in [0.15, 0.2) is 24.0 Å². The first-order valence-corrected chi connectivity index (χ1v) is 8.68. The molecule has 7 heteroatoms. The van der Waals surface area contributed by atoms with Crippen LogP contribution in [-0.4, -0.2) is 46.0 Å². The summed E-state index contributed by atoms with van der Waals surface area (Å²) < 4.78 is 1.90. The van der Waals surface area contributed by atoms with E-state index in [1.54, 1.807) is 6.20 Å². The van der Waals surface area contributed by atoms with E-state index in [9.17, 15) is 4.79 Å². The van der Waals surface area contributed by atoms with Crippen LogP contribution in [0.3, 0.4) is 0 Å². The van der Waals surface area contributed by atoms with Crippen LogP contribution in [0.2, 0.25) is 0 Å². The molecule has 1 saturated carbocycles. The summed E-state index contributed by atoms with van der Waals surface area (Å²) in [6, 6.07) is 0.295. The molecular formula is C18H30Cl2N4O. The van der Waals surface area contributed by atoms with E-state index < -0.39 is 0 Å². The number of hydrogen-bond acceptors (Lipinski definition) is 3. The summed E-state index contributed by atoms with van der Waals surface area (Å²) in [7, 11) is 0. The molecule has 142 valence electrons. The zero-order valence-electron chi connectivity index (χ0n) is 15.3. The number of rotatable bonds is 6. The molecule has 1 aliphatic carbocycles.